The van der Waals surface area contributed by atoms with E-state index in [0.717, 1.165) is 25.7 Å². The van der Waals surface area contributed by atoms with Gasteiger partial charge in [-0.15, -0.1) is 11.3 Å². The molecule has 4 atom stereocenters. The Bertz CT molecular complexity index is 2720. The fourth-order valence-corrected chi connectivity index (χ4v) is 12.3. The Morgan fingerprint density at radius 2 is 1.52 bits per heavy atom. The standard InChI is InChI=1S/C56H49NS/c1-57(45-33-30-40(31-34-45)47-22-13-25-54-55(47)49-21-9-11-24-53(49)58-54)46-19-12-14-41(36-46)38-26-28-39(29-27-38)42-32-35-52-50(37-42)48-20-8-10-23-51(48)56(52,43-15-4-2-5-16-43)44-17-6-3-7-18-44/h2,4-6,8-11,13-17,20-21,23-36,42,44,47H,3,7,12,18-19,22,37H2,1H3. The van der Waals surface area contributed by atoms with Crippen LogP contribution in [-0.2, 0) is 5.41 Å². The van der Waals surface area contributed by atoms with Crippen molar-refractivity contribution in [3.05, 3.63) is 225 Å². The zero-order valence-electron chi connectivity index (χ0n) is 33.3. The monoisotopic (exact) mass is 767 g/mol. The van der Waals surface area contributed by atoms with Gasteiger partial charge in [-0.25, -0.2) is 0 Å². The number of benzene rings is 5. The van der Waals surface area contributed by atoms with Gasteiger partial charge >= 0.3 is 0 Å². The molecule has 5 aliphatic rings. The minimum absolute atomic E-state index is 0.140. The van der Waals surface area contributed by atoms with Crippen LogP contribution in [0.4, 0.5) is 5.69 Å². The summed E-state index contributed by atoms with van der Waals surface area (Å²) in [6, 6.07) is 48.4. The van der Waals surface area contributed by atoms with E-state index in [1.807, 2.05) is 11.3 Å². The number of fused-ring (bicyclic) bond motifs is 5. The smallest absolute Gasteiger partial charge is 0.0522 e. The van der Waals surface area contributed by atoms with Crippen LogP contribution < -0.4 is 4.90 Å². The first kappa shape index (κ1) is 35.5. The maximum Gasteiger partial charge on any atom is 0.0522 e. The molecule has 0 saturated heterocycles. The molecule has 284 valence electrons. The molecule has 0 bridgehead atoms. The van der Waals surface area contributed by atoms with Gasteiger partial charge in [0.25, 0.3) is 0 Å². The molecule has 0 radical (unpaired) electrons. The van der Waals surface area contributed by atoms with Crippen LogP contribution in [-0.4, -0.2) is 7.05 Å². The Labute approximate surface area is 347 Å². The molecule has 11 rings (SSSR count). The summed E-state index contributed by atoms with van der Waals surface area (Å²) in [4.78, 5) is 3.81. The van der Waals surface area contributed by atoms with Crippen LogP contribution in [0.2, 0.25) is 0 Å². The van der Waals surface area contributed by atoms with Crippen molar-refractivity contribution in [1.29, 1.82) is 0 Å². The van der Waals surface area contributed by atoms with Gasteiger partial charge in [-0.2, -0.15) is 0 Å². The molecule has 0 amide bonds. The Balaban J connectivity index is 0.833. The number of hydrogen-bond donors (Lipinski definition) is 0. The normalized spacial score (nSPS) is 23.3. The predicted molar refractivity (Wildman–Crippen MR) is 247 cm³/mol. The second-order valence-electron chi connectivity index (χ2n) is 16.9. The number of hydrogen-bond acceptors (Lipinski definition) is 2. The number of rotatable bonds is 7. The summed E-state index contributed by atoms with van der Waals surface area (Å²) in [6.45, 7) is 0. The average Bonchev–Trinajstić information content (AvgIpc) is 3.83. The van der Waals surface area contributed by atoms with E-state index in [0.29, 0.717) is 17.8 Å². The molecule has 0 saturated carbocycles. The van der Waals surface area contributed by atoms with Gasteiger partial charge in [-0.3, -0.25) is 0 Å². The average molecular weight is 768 g/mol. The molecule has 5 aromatic carbocycles. The molecule has 4 unspecified atom stereocenters. The SMILES string of the molecule is CN(C1=CC(c2ccc(C3C=CC4=C(C3)c3ccccc3C4(c3ccccc3)C3C=CCCC3)cc2)=CCC1)c1ccc(C2CC=Cc3sc4ccccc4c32)cc1. The highest BCUT2D eigenvalue weighted by Crippen LogP contribution is 2.60. The Morgan fingerprint density at radius 3 is 2.36 bits per heavy atom. The van der Waals surface area contributed by atoms with Gasteiger partial charge in [-0.1, -0.05) is 146 Å². The third-order valence-corrected chi connectivity index (χ3v) is 15.1. The van der Waals surface area contributed by atoms with Crippen molar-refractivity contribution in [3.8, 4) is 0 Å². The van der Waals surface area contributed by atoms with Crippen LogP contribution in [0.5, 0.6) is 0 Å². The quantitative estimate of drug-likeness (QED) is 0.146. The maximum absolute atomic E-state index is 2.53. The first-order valence-electron chi connectivity index (χ1n) is 21.4. The summed E-state index contributed by atoms with van der Waals surface area (Å²) in [6.07, 6.45) is 27.4. The van der Waals surface area contributed by atoms with Crippen molar-refractivity contribution < 1.29 is 0 Å². The van der Waals surface area contributed by atoms with E-state index in [4.69, 9.17) is 0 Å². The molecule has 1 nitrogen and oxygen atoms in total. The lowest BCUT2D eigenvalue weighted by atomic mass is 9.60. The summed E-state index contributed by atoms with van der Waals surface area (Å²) < 4.78 is 1.39. The topological polar surface area (TPSA) is 3.24 Å². The number of nitrogens with zero attached hydrogens (tertiary/aromatic N) is 1. The fourth-order valence-electron chi connectivity index (χ4n) is 11.1. The van der Waals surface area contributed by atoms with E-state index in [-0.39, 0.29) is 5.41 Å². The molecule has 0 N–H and O–H groups in total. The molecular weight excluding hydrogens is 719 g/mol. The summed E-state index contributed by atoms with van der Waals surface area (Å²) in [5.74, 6) is 1.21. The van der Waals surface area contributed by atoms with Crippen LogP contribution >= 0.6 is 11.3 Å². The van der Waals surface area contributed by atoms with Gasteiger partial charge in [0.05, 0.1) is 5.41 Å². The number of anilines is 1. The van der Waals surface area contributed by atoms with E-state index in [1.165, 1.54) is 101 Å². The fraction of sp³-hybridized carbons (Fsp3) is 0.214. The number of thiophene rings is 1. The molecule has 58 heavy (non-hydrogen) atoms. The van der Waals surface area contributed by atoms with E-state index < -0.39 is 0 Å². The van der Waals surface area contributed by atoms with Gasteiger partial charge < -0.3 is 4.90 Å². The van der Waals surface area contributed by atoms with E-state index in [9.17, 15) is 0 Å². The van der Waals surface area contributed by atoms with Gasteiger partial charge in [0.15, 0.2) is 0 Å². The molecular formula is C56H49NS. The summed E-state index contributed by atoms with van der Waals surface area (Å²) >= 11 is 1.92. The van der Waals surface area contributed by atoms with E-state index in [2.05, 4.69) is 188 Å². The van der Waals surface area contributed by atoms with Crippen LogP contribution in [0.15, 0.2) is 181 Å². The molecule has 0 fully saturated rings. The van der Waals surface area contributed by atoms with Crippen molar-refractivity contribution >= 4 is 44.3 Å². The van der Waals surface area contributed by atoms with E-state index in [1.54, 1.807) is 0 Å². The number of allylic oxidation sites excluding steroid dienone is 11. The van der Waals surface area contributed by atoms with Crippen molar-refractivity contribution in [2.75, 3.05) is 11.9 Å². The van der Waals surface area contributed by atoms with Crippen molar-refractivity contribution in [2.24, 2.45) is 5.92 Å². The zero-order chi connectivity index (χ0) is 38.6. The minimum atomic E-state index is -0.140. The largest absolute Gasteiger partial charge is 0.348 e. The van der Waals surface area contributed by atoms with Crippen LogP contribution in [0.1, 0.15) is 101 Å². The van der Waals surface area contributed by atoms with Gasteiger partial charge in [0.1, 0.15) is 0 Å². The zero-order valence-corrected chi connectivity index (χ0v) is 34.1. The Kier molecular flexibility index (Phi) is 8.92. The lowest BCUT2D eigenvalue weighted by Crippen LogP contribution is -2.37. The molecule has 0 aliphatic heterocycles. The first-order valence-corrected chi connectivity index (χ1v) is 22.2. The van der Waals surface area contributed by atoms with Crippen LogP contribution in [0, 0.1) is 5.92 Å². The predicted octanol–water partition coefficient (Wildman–Crippen LogP) is 14.8. The van der Waals surface area contributed by atoms with Gasteiger partial charge in [0, 0.05) is 39.8 Å². The van der Waals surface area contributed by atoms with Crippen molar-refractivity contribution in [1.82, 2.24) is 0 Å². The first-order chi connectivity index (χ1) is 28.7. The van der Waals surface area contributed by atoms with Crippen LogP contribution in [0.3, 0.4) is 0 Å². The third-order valence-electron chi connectivity index (χ3n) is 13.9. The lowest BCUT2D eigenvalue weighted by Gasteiger charge is -2.42. The highest BCUT2D eigenvalue weighted by Gasteiger charge is 2.50. The van der Waals surface area contributed by atoms with Gasteiger partial charge in [0.2, 0.25) is 0 Å². The molecule has 5 aliphatic carbocycles. The third kappa shape index (κ3) is 5.79. The molecule has 1 aromatic heterocycles. The summed E-state index contributed by atoms with van der Waals surface area (Å²) in [5.41, 5.74) is 16.8. The molecule has 0 spiro atoms. The highest BCUT2D eigenvalue weighted by molar-refractivity contribution is 7.20. The highest BCUT2D eigenvalue weighted by atomic mass is 32.1. The second-order valence-corrected chi connectivity index (χ2v) is 18.0. The lowest BCUT2D eigenvalue weighted by molar-refractivity contribution is 0.402. The Hall–Kier alpha value is -5.70. The molecule has 6 aromatic rings. The van der Waals surface area contributed by atoms with Gasteiger partial charge in [-0.05, 0) is 142 Å². The molecule has 1 heterocycles. The summed E-state index contributed by atoms with van der Waals surface area (Å²) in [7, 11) is 2.23. The molecule has 2 heteroatoms. The minimum Gasteiger partial charge on any atom is -0.348 e. The second kappa shape index (κ2) is 14.6. The van der Waals surface area contributed by atoms with Crippen molar-refractivity contribution in [3.63, 3.8) is 0 Å². The summed E-state index contributed by atoms with van der Waals surface area (Å²) in [5, 5.41) is 1.41. The van der Waals surface area contributed by atoms with Crippen molar-refractivity contribution in [2.45, 2.75) is 62.2 Å². The van der Waals surface area contributed by atoms with Crippen LogP contribution in [0.25, 0.3) is 27.3 Å². The maximum atomic E-state index is 2.53. The Morgan fingerprint density at radius 1 is 0.724 bits per heavy atom. The van der Waals surface area contributed by atoms with E-state index >= 15 is 0 Å².